The van der Waals surface area contributed by atoms with Crippen molar-refractivity contribution in [2.45, 2.75) is 4.90 Å². The van der Waals surface area contributed by atoms with Crippen LogP contribution in [0.4, 0.5) is 15.2 Å². The van der Waals surface area contributed by atoms with E-state index in [1.54, 1.807) is 48.5 Å². The average molecular weight is 498 g/mol. The molecule has 0 fully saturated rings. The van der Waals surface area contributed by atoms with Crippen molar-refractivity contribution in [3.8, 4) is 11.3 Å². The van der Waals surface area contributed by atoms with Crippen LogP contribution in [0.2, 0.25) is 5.02 Å². The summed E-state index contributed by atoms with van der Waals surface area (Å²) in [4.78, 5) is 30.0. The third-order valence-corrected chi connectivity index (χ3v) is 6.43. The molecule has 0 radical (unpaired) electrons. The van der Waals surface area contributed by atoms with Crippen molar-refractivity contribution in [2.24, 2.45) is 0 Å². The van der Waals surface area contributed by atoms with Gasteiger partial charge in [-0.1, -0.05) is 23.7 Å². The largest absolute Gasteiger partial charge is 0.322 e. The molecule has 0 bridgehead atoms. The fourth-order valence-electron chi connectivity index (χ4n) is 2.89. The lowest BCUT2D eigenvalue weighted by Crippen LogP contribution is -2.14. The highest BCUT2D eigenvalue weighted by Gasteiger charge is 2.10. The van der Waals surface area contributed by atoms with Crippen LogP contribution >= 0.6 is 34.7 Å². The van der Waals surface area contributed by atoms with E-state index in [0.717, 1.165) is 10.5 Å². The summed E-state index contributed by atoms with van der Waals surface area (Å²) in [5, 5.41) is 8.38. The summed E-state index contributed by atoms with van der Waals surface area (Å²) in [5.41, 5.74) is 2.53. The highest BCUT2D eigenvalue weighted by Crippen LogP contribution is 2.26. The number of thioether (sulfide) groups is 1. The Balaban J connectivity index is 1.31. The number of hydrogen-bond acceptors (Lipinski definition) is 5. The lowest BCUT2D eigenvalue weighted by Gasteiger charge is -2.08. The molecule has 1 heterocycles. The molecule has 5 nitrogen and oxygen atoms in total. The zero-order valence-corrected chi connectivity index (χ0v) is 19.4. The van der Waals surface area contributed by atoms with E-state index in [1.165, 1.54) is 35.2 Å². The summed E-state index contributed by atoms with van der Waals surface area (Å²) < 4.78 is 13.1. The van der Waals surface area contributed by atoms with Crippen molar-refractivity contribution in [1.82, 2.24) is 4.98 Å². The van der Waals surface area contributed by atoms with E-state index >= 15 is 0 Å². The molecule has 0 unspecified atom stereocenters. The minimum absolute atomic E-state index is 0.178. The Labute approximate surface area is 203 Å². The van der Waals surface area contributed by atoms with E-state index in [-0.39, 0.29) is 23.4 Å². The van der Waals surface area contributed by atoms with Gasteiger partial charge in [-0.15, -0.1) is 23.1 Å². The van der Waals surface area contributed by atoms with Crippen LogP contribution in [0, 0.1) is 5.82 Å². The Morgan fingerprint density at radius 2 is 1.79 bits per heavy atom. The number of anilines is 2. The Morgan fingerprint density at radius 3 is 2.58 bits per heavy atom. The maximum absolute atomic E-state index is 13.1. The smallest absolute Gasteiger partial charge is 0.255 e. The molecule has 3 aromatic carbocycles. The third-order valence-electron chi connectivity index (χ3n) is 4.44. The number of nitrogens with one attached hydrogen (secondary N) is 2. The maximum Gasteiger partial charge on any atom is 0.255 e. The summed E-state index contributed by atoms with van der Waals surface area (Å²) in [5.74, 6) is -0.601. The number of nitrogens with zero attached hydrogens (tertiary/aromatic N) is 1. The van der Waals surface area contributed by atoms with E-state index in [1.807, 2.05) is 17.5 Å². The number of hydrogen-bond donors (Lipinski definition) is 2. The van der Waals surface area contributed by atoms with Crippen LogP contribution < -0.4 is 10.6 Å². The molecule has 33 heavy (non-hydrogen) atoms. The van der Waals surface area contributed by atoms with E-state index < -0.39 is 0 Å². The second-order valence-corrected chi connectivity index (χ2v) is 9.22. The molecule has 0 aliphatic carbocycles. The first-order valence-corrected chi connectivity index (χ1v) is 12.0. The number of benzene rings is 3. The molecular weight excluding hydrogens is 481 g/mol. The van der Waals surface area contributed by atoms with E-state index in [2.05, 4.69) is 15.6 Å². The third kappa shape index (κ3) is 6.41. The predicted octanol–water partition coefficient (Wildman–Crippen LogP) is 6.59. The van der Waals surface area contributed by atoms with E-state index in [0.29, 0.717) is 27.1 Å². The van der Waals surface area contributed by atoms with Crippen LogP contribution in [-0.4, -0.2) is 22.6 Å². The molecule has 2 amide bonds. The topological polar surface area (TPSA) is 71.1 Å². The molecule has 166 valence electrons. The number of rotatable bonds is 7. The molecule has 0 saturated heterocycles. The van der Waals surface area contributed by atoms with Gasteiger partial charge in [0.25, 0.3) is 5.91 Å². The zero-order valence-electron chi connectivity index (χ0n) is 17.0. The van der Waals surface area contributed by atoms with E-state index in [4.69, 9.17) is 11.6 Å². The van der Waals surface area contributed by atoms with Gasteiger partial charge < -0.3 is 10.6 Å². The number of thiazole rings is 1. The first-order chi connectivity index (χ1) is 16.0. The molecule has 0 aliphatic rings. The fraction of sp³-hybridized carbons (Fsp3) is 0.0417. The normalized spacial score (nSPS) is 10.6. The monoisotopic (exact) mass is 497 g/mol. The molecular formula is C24H17ClFN3O2S2. The zero-order chi connectivity index (χ0) is 23.2. The van der Waals surface area contributed by atoms with Crippen molar-refractivity contribution in [1.29, 1.82) is 0 Å². The summed E-state index contributed by atoms with van der Waals surface area (Å²) in [7, 11) is 0. The number of aromatic nitrogens is 1. The van der Waals surface area contributed by atoms with Gasteiger partial charge in [-0.2, -0.15) is 0 Å². The second-order valence-electron chi connectivity index (χ2n) is 6.87. The lowest BCUT2D eigenvalue weighted by molar-refractivity contribution is -0.113. The first kappa shape index (κ1) is 23.0. The molecule has 4 rings (SSSR count). The molecule has 0 aliphatic heterocycles. The number of carbonyl (C=O) groups excluding carboxylic acids is 2. The van der Waals surface area contributed by atoms with Crippen LogP contribution in [0.1, 0.15) is 10.4 Å². The van der Waals surface area contributed by atoms with Gasteiger partial charge in [-0.05, 0) is 60.7 Å². The Hall–Kier alpha value is -3.20. The quantitative estimate of drug-likeness (QED) is 0.283. The number of amides is 2. The van der Waals surface area contributed by atoms with Gasteiger partial charge in [0.2, 0.25) is 5.91 Å². The summed E-state index contributed by atoms with van der Waals surface area (Å²) in [6, 6.07) is 20.0. The molecule has 2 N–H and O–H groups in total. The van der Waals surface area contributed by atoms with Crippen LogP contribution in [0.5, 0.6) is 0 Å². The SMILES string of the molecule is O=C(CSc1cccc(NC(=O)c2cccc(Cl)c2)c1)Nc1nc(-c2ccc(F)cc2)cs1. The van der Waals surface area contributed by atoms with Gasteiger partial charge in [0, 0.05) is 32.1 Å². The van der Waals surface area contributed by atoms with Gasteiger partial charge in [0.15, 0.2) is 5.13 Å². The Bertz CT molecular complexity index is 1290. The number of carbonyl (C=O) groups is 2. The summed E-state index contributed by atoms with van der Waals surface area (Å²) in [6.45, 7) is 0. The minimum Gasteiger partial charge on any atom is -0.322 e. The van der Waals surface area contributed by atoms with Gasteiger partial charge in [-0.3, -0.25) is 9.59 Å². The van der Waals surface area contributed by atoms with Gasteiger partial charge in [0.05, 0.1) is 11.4 Å². The highest BCUT2D eigenvalue weighted by molar-refractivity contribution is 8.00. The van der Waals surface area contributed by atoms with Crippen molar-refractivity contribution in [2.75, 3.05) is 16.4 Å². The van der Waals surface area contributed by atoms with Gasteiger partial charge in [0.1, 0.15) is 5.82 Å². The molecule has 4 aromatic rings. The molecule has 0 saturated carbocycles. The van der Waals surface area contributed by atoms with Crippen molar-refractivity contribution < 1.29 is 14.0 Å². The van der Waals surface area contributed by atoms with Crippen LogP contribution in [0.25, 0.3) is 11.3 Å². The highest BCUT2D eigenvalue weighted by atomic mass is 35.5. The number of halogens is 2. The van der Waals surface area contributed by atoms with Crippen molar-refractivity contribution in [3.05, 3.63) is 94.6 Å². The molecule has 0 spiro atoms. The molecule has 1 aromatic heterocycles. The summed E-state index contributed by atoms with van der Waals surface area (Å²) in [6.07, 6.45) is 0. The van der Waals surface area contributed by atoms with Crippen molar-refractivity contribution >= 4 is 57.3 Å². The molecule has 9 heteroatoms. The first-order valence-electron chi connectivity index (χ1n) is 9.77. The maximum atomic E-state index is 13.1. The van der Waals surface area contributed by atoms with Crippen LogP contribution in [0.15, 0.2) is 83.1 Å². The van der Waals surface area contributed by atoms with E-state index in [9.17, 15) is 14.0 Å². The van der Waals surface area contributed by atoms with Crippen LogP contribution in [0.3, 0.4) is 0 Å². The minimum atomic E-state index is -0.312. The van der Waals surface area contributed by atoms with Gasteiger partial charge >= 0.3 is 0 Å². The van der Waals surface area contributed by atoms with Crippen LogP contribution in [-0.2, 0) is 4.79 Å². The van der Waals surface area contributed by atoms with Crippen molar-refractivity contribution in [3.63, 3.8) is 0 Å². The summed E-state index contributed by atoms with van der Waals surface area (Å²) >= 11 is 8.59. The lowest BCUT2D eigenvalue weighted by atomic mass is 10.2. The second kappa shape index (κ2) is 10.6. The standard InChI is InChI=1S/C24H17ClFN3O2S2/c25-17-4-1-3-16(11-17)23(31)27-19-5-2-6-20(12-19)32-14-22(30)29-24-28-21(13-33-24)15-7-9-18(26)10-8-15/h1-13H,14H2,(H,27,31)(H,28,29,30). The predicted molar refractivity (Wildman–Crippen MR) is 133 cm³/mol. The Kier molecular flexibility index (Phi) is 7.39. The fourth-order valence-corrected chi connectivity index (χ4v) is 4.57. The van der Waals surface area contributed by atoms with Gasteiger partial charge in [-0.25, -0.2) is 9.37 Å². The average Bonchev–Trinajstić information content (AvgIpc) is 3.27. The molecule has 0 atom stereocenters. The Morgan fingerprint density at radius 1 is 1.00 bits per heavy atom.